The first-order chi connectivity index (χ1) is 18.6. The predicted molar refractivity (Wildman–Crippen MR) is 160 cm³/mol. The zero-order chi connectivity index (χ0) is 28.2. The van der Waals surface area contributed by atoms with Gasteiger partial charge >= 0.3 is 0 Å². The summed E-state index contributed by atoms with van der Waals surface area (Å²) in [4.78, 5) is 26.2. The molecule has 4 rings (SSSR count). The Labute approximate surface area is 239 Å². The summed E-state index contributed by atoms with van der Waals surface area (Å²) in [5.74, 6) is 3.88. The van der Waals surface area contributed by atoms with Gasteiger partial charge in [-0.3, -0.25) is 9.59 Å². The largest absolute Gasteiger partial charge is 0.354 e. The molecule has 5 unspecified atom stereocenters. The third-order valence-corrected chi connectivity index (χ3v) is 12.0. The van der Waals surface area contributed by atoms with Gasteiger partial charge in [-0.15, -0.1) is 0 Å². The minimum atomic E-state index is 0.186. The van der Waals surface area contributed by atoms with Crippen molar-refractivity contribution in [1.82, 2.24) is 16.0 Å². The van der Waals surface area contributed by atoms with Crippen molar-refractivity contribution in [3.8, 4) is 0 Å². The molecule has 39 heavy (non-hydrogen) atoms. The summed E-state index contributed by atoms with van der Waals surface area (Å²) in [5, 5.41) is 10.4. The van der Waals surface area contributed by atoms with Crippen molar-refractivity contribution in [1.29, 1.82) is 0 Å². The van der Waals surface area contributed by atoms with E-state index in [4.69, 9.17) is 5.73 Å². The number of carbonyl (C=O) groups is 2. The molecule has 6 heteroatoms. The van der Waals surface area contributed by atoms with Crippen LogP contribution in [0.1, 0.15) is 112 Å². The van der Waals surface area contributed by atoms with E-state index in [9.17, 15) is 9.59 Å². The summed E-state index contributed by atoms with van der Waals surface area (Å²) in [7, 11) is 0. The number of hydrogen-bond acceptors (Lipinski definition) is 5. The first kappa shape index (κ1) is 31.0. The van der Waals surface area contributed by atoms with E-state index in [0.29, 0.717) is 53.3 Å². The fourth-order valence-corrected chi connectivity index (χ4v) is 9.92. The average Bonchev–Trinajstić information content (AvgIpc) is 3.24. The Bertz CT molecular complexity index is 833. The molecule has 0 aromatic carbocycles. The molecule has 4 saturated carbocycles. The van der Waals surface area contributed by atoms with E-state index in [2.05, 4.69) is 36.7 Å². The number of rotatable bonds is 13. The van der Waals surface area contributed by atoms with Gasteiger partial charge in [0.2, 0.25) is 5.91 Å². The monoisotopic (exact) mass is 544 g/mol. The topological polar surface area (TPSA) is 96.2 Å². The average molecular weight is 545 g/mol. The molecule has 0 radical (unpaired) electrons. The predicted octanol–water partition coefficient (Wildman–Crippen LogP) is 5.05. The van der Waals surface area contributed by atoms with Gasteiger partial charge in [0.05, 0.1) is 0 Å². The molecule has 0 spiro atoms. The lowest BCUT2D eigenvalue weighted by atomic mass is 9.44. The smallest absolute Gasteiger partial charge is 0.220 e. The van der Waals surface area contributed by atoms with Gasteiger partial charge in [-0.1, -0.05) is 20.8 Å². The normalized spacial score (nSPS) is 38.7. The van der Waals surface area contributed by atoms with Crippen LogP contribution in [0.25, 0.3) is 0 Å². The number of fused-ring (bicyclic) bond motifs is 5. The van der Waals surface area contributed by atoms with Crippen molar-refractivity contribution in [3.05, 3.63) is 0 Å². The molecule has 0 aliphatic heterocycles. The lowest BCUT2D eigenvalue weighted by molar-refractivity contribution is -0.157. The highest BCUT2D eigenvalue weighted by molar-refractivity contribution is 5.83. The number of hydrogen-bond donors (Lipinski definition) is 4. The standard InChI is InChI=1S/C33H60N4O2/c1-22(2)37-30(39)11-8-23(3)26-9-10-27-31-28(13-15-33(26,27)5)32(4)14-12-25(20-24(32)21-29(31)38)36-19-7-18-35-17-6-16-34/h22-28,31,35-36H,6-21,34H2,1-5H3,(H,37,39)/t23-,24?,25?,26-,27?,28?,31?,32+,33-/m1/s1. The van der Waals surface area contributed by atoms with Gasteiger partial charge < -0.3 is 21.7 Å². The molecule has 5 N–H and O–H groups in total. The van der Waals surface area contributed by atoms with E-state index < -0.39 is 0 Å². The summed E-state index contributed by atoms with van der Waals surface area (Å²) in [6.07, 6.45) is 13.2. The van der Waals surface area contributed by atoms with Crippen molar-refractivity contribution in [3.63, 3.8) is 0 Å². The molecule has 9 atom stereocenters. The van der Waals surface area contributed by atoms with Gasteiger partial charge in [-0.05, 0) is 145 Å². The van der Waals surface area contributed by atoms with Crippen LogP contribution in [0.5, 0.6) is 0 Å². The third-order valence-electron chi connectivity index (χ3n) is 12.0. The zero-order valence-corrected chi connectivity index (χ0v) is 25.8. The van der Waals surface area contributed by atoms with Crippen molar-refractivity contribution in [2.75, 3.05) is 26.2 Å². The molecule has 0 bridgehead atoms. The Hall–Kier alpha value is -0.980. The van der Waals surface area contributed by atoms with Crippen LogP contribution in [0, 0.1) is 46.3 Å². The second-order valence-electron chi connectivity index (χ2n) is 14.7. The van der Waals surface area contributed by atoms with Crippen molar-refractivity contribution in [2.24, 2.45) is 52.1 Å². The van der Waals surface area contributed by atoms with E-state index in [1.807, 2.05) is 13.8 Å². The molecule has 0 heterocycles. The summed E-state index contributed by atoms with van der Waals surface area (Å²) >= 11 is 0. The van der Waals surface area contributed by atoms with Crippen LogP contribution < -0.4 is 21.7 Å². The summed E-state index contributed by atoms with van der Waals surface area (Å²) in [6.45, 7) is 15.4. The molecule has 4 aliphatic carbocycles. The summed E-state index contributed by atoms with van der Waals surface area (Å²) < 4.78 is 0. The van der Waals surface area contributed by atoms with Crippen LogP contribution in [0.2, 0.25) is 0 Å². The van der Waals surface area contributed by atoms with E-state index in [0.717, 1.165) is 51.9 Å². The Morgan fingerprint density at radius 3 is 2.44 bits per heavy atom. The lowest BCUT2D eigenvalue weighted by Gasteiger charge is -2.60. The number of amides is 1. The fraction of sp³-hybridized carbons (Fsp3) is 0.939. The van der Waals surface area contributed by atoms with E-state index in [-0.39, 0.29) is 23.3 Å². The SMILES string of the molecule is CC(C)NC(=O)CC[C@@H](C)[C@H]1CCC2C3C(=O)CC4CC(NCCCNCCCN)CC[C@]4(C)C3CC[C@@]21C. The molecular weight excluding hydrogens is 484 g/mol. The van der Waals surface area contributed by atoms with Crippen molar-refractivity contribution >= 4 is 11.7 Å². The molecule has 0 aromatic heterocycles. The first-order valence-electron chi connectivity index (χ1n) is 16.6. The maximum absolute atomic E-state index is 13.9. The van der Waals surface area contributed by atoms with Gasteiger partial charge in [0.25, 0.3) is 0 Å². The Morgan fingerprint density at radius 1 is 0.974 bits per heavy atom. The molecule has 1 amide bonds. The van der Waals surface area contributed by atoms with E-state index in [1.54, 1.807) is 0 Å². The summed E-state index contributed by atoms with van der Waals surface area (Å²) in [6, 6.07) is 0.772. The molecular formula is C33H60N4O2. The van der Waals surface area contributed by atoms with Crippen LogP contribution in [0.3, 0.4) is 0 Å². The number of carbonyl (C=O) groups excluding carboxylic acids is 2. The maximum Gasteiger partial charge on any atom is 0.220 e. The maximum atomic E-state index is 13.9. The highest BCUT2D eigenvalue weighted by atomic mass is 16.1. The van der Waals surface area contributed by atoms with Gasteiger partial charge in [-0.2, -0.15) is 0 Å². The Kier molecular flexibility index (Phi) is 10.6. The van der Waals surface area contributed by atoms with E-state index >= 15 is 0 Å². The molecule has 224 valence electrons. The molecule has 4 aliphatic rings. The minimum absolute atomic E-state index is 0.186. The first-order valence-corrected chi connectivity index (χ1v) is 16.6. The molecule has 0 aromatic rings. The summed E-state index contributed by atoms with van der Waals surface area (Å²) in [5.41, 5.74) is 6.15. The highest BCUT2D eigenvalue weighted by Crippen LogP contribution is 2.67. The van der Waals surface area contributed by atoms with Crippen molar-refractivity contribution < 1.29 is 9.59 Å². The van der Waals surface area contributed by atoms with Crippen LogP contribution >= 0.6 is 0 Å². The van der Waals surface area contributed by atoms with Gasteiger partial charge in [0.15, 0.2) is 0 Å². The molecule has 0 saturated heterocycles. The Balaban J connectivity index is 1.33. The zero-order valence-electron chi connectivity index (χ0n) is 25.8. The van der Waals surface area contributed by atoms with Gasteiger partial charge in [0.1, 0.15) is 5.78 Å². The van der Waals surface area contributed by atoms with Gasteiger partial charge in [0, 0.05) is 30.8 Å². The quantitative estimate of drug-likeness (QED) is 0.243. The number of ketones is 1. The minimum Gasteiger partial charge on any atom is -0.354 e. The number of nitrogens with two attached hydrogens (primary N) is 1. The second-order valence-corrected chi connectivity index (χ2v) is 14.7. The molecule has 4 fully saturated rings. The fourth-order valence-electron chi connectivity index (χ4n) is 9.92. The van der Waals surface area contributed by atoms with Crippen molar-refractivity contribution in [2.45, 2.75) is 124 Å². The second kappa shape index (κ2) is 13.3. The number of nitrogens with one attached hydrogen (secondary N) is 3. The highest BCUT2D eigenvalue weighted by Gasteiger charge is 2.63. The van der Waals surface area contributed by atoms with E-state index in [1.165, 1.54) is 44.9 Å². The third kappa shape index (κ3) is 6.75. The van der Waals surface area contributed by atoms with Crippen LogP contribution in [0.15, 0.2) is 0 Å². The van der Waals surface area contributed by atoms with Crippen LogP contribution in [-0.2, 0) is 9.59 Å². The van der Waals surface area contributed by atoms with Crippen LogP contribution in [0.4, 0.5) is 0 Å². The lowest BCUT2D eigenvalue weighted by Crippen LogP contribution is -2.58. The molecule has 6 nitrogen and oxygen atoms in total. The Morgan fingerprint density at radius 2 is 1.69 bits per heavy atom. The van der Waals surface area contributed by atoms with Gasteiger partial charge in [-0.25, -0.2) is 0 Å². The van der Waals surface area contributed by atoms with Crippen LogP contribution in [-0.4, -0.2) is 50.0 Å². The number of Topliss-reactive ketones (excluding diaryl/α,β-unsaturated/α-hetero) is 1.